The molecule has 0 aromatic carbocycles. The Labute approximate surface area is 102 Å². The van der Waals surface area contributed by atoms with Crippen molar-refractivity contribution in [2.75, 3.05) is 0 Å². The Balaban J connectivity index is 4.68. The molecule has 0 aliphatic rings. The molecular formula is C15H31N. The van der Waals surface area contributed by atoms with Gasteiger partial charge in [0.1, 0.15) is 0 Å². The predicted octanol–water partition coefficient (Wildman–Crippen LogP) is 4.44. The van der Waals surface area contributed by atoms with E-state index in [1.54, 1.807) is 0 Å². The van der Waals surface area contributed by atoms with Gasteiger partial charge in [-0.2, -0.15) is 0 Å². The first-order chi connectivity index (χ1) is 7.20. The van der Waals surface area contributed by atoms with E-state index < -0.39 is 0 Å². The summed E-state index contributed by atoms with van der Waals surface area (Å²) < 4.78 is 0. The van der Waals surface area contributed by atoms with Gasteiger partial charge >= 0.3 is 0 Å². The zero-order chi connectivity index (χ0) is 13.0. The van der Waals surface area contributed by atoms with Gasteiger partial charge in [0, 0.05) is 5.70 Å². The molecule has 0 radical (unpaired) electrons. The Kier molecular flexibility index (Phi) is 6.14. The molecule has 0 saturated carbocycles. The van der Waals surface area contributed by atoms with Crippen molar-refractivity contribution in [3.05, 3.63) is 11.3 Å². The summed E-state index contributed by atoms with van der Waals surface area (Å²) in [6.45, 7) is 18.2. The van der Waals surface area contributed by atoms with Crippen LogP contribution < -0.4 is 5.73 Å². The minimum atomic E-state index is 0.584. The van der Waals surface area contributed by atoms with Crippen LogP contribution in [0.5, 0.6) is 0 Å². The van der Waals surface area contributed by atoms with Crippen LogP contribution in [0.2, 0.25) is 0 Å². The third-order valence-corrected chi connectivity index (χ3v) is 4.80. The maximum Gasteiger partial charge on any atom is 0.00407 e. The minimum Gasteiger partial charge on any atom is -0.402 e. The first-order valence-corrected chi connectivity index (χ1v) is 6.62. The van der Waals surface area contributed by atoms with Gasteiger partial charge < -0.3 is 5.73 Å². The Morgan fingerprint density at radius 3 is 1.50 bits per heavy atom. The first kappa shape index (κ1) is 15.5. The number of hydrogen-bond donors (Lipinski definition) is 1. The molecule has 1 nitrogen and oxygen atoms in total. The first-order valence-electron chi connectivity index (χ1n) is 6.62. The molecule has 4 unspecified atom stereocenters. The maximum absolute atomic E-state index is 5.89. The number of allylic oxidation sites excluding steroid dienone is 2. The van der Waals surface area contributed by atoms with E-state index in [1.807, 2.05) is 6.92 Å². The van der Waals surface area contributed by atoms with Gasteiger partial charge in [-0.05, 0) is 43.4 Å². The lowest BCUT2D eigenvalue weighted by atomic mass is 9.72. The lowest BCUT2D eigenvalue weighted by molar-refractivity contribution is 0.190. The van der Waals surface area contributed by atoms with Crippen molar-refractivity contribution in [2.24, 2.45) is 35.3 Å². The molecule has 0 heterocycles. The molecule has 1 heteroatoms. The van der Waals surface area contributed by atoms with E-state index in [9.17, 15) is 0 Å². The third-order valence-electron chi connectivity index (χ3n) is 4.80. The second-order valence-electron chi connectivity index (χ2n) is 5.98. The van der Waals surface area contributed by atoms with Crippen LogP contribution in [0.1, 0.15) is 55.4 Å². The predicted molar refractivity (Wildman–Crippen MR) is 74.1 cm³/mol. The van der Waals surface area contributed by atoms with Gasteiger partial charge in [-0.15, -0.1) is 0 Å². The van der Waals surface area contributed by atoms with Gasteiger partial charge in [-0.25, -0.2) is 0 Å². The van der Waals surface area contributed by atoms with Crippen molar-refractivity contribution in [1.29, 1.82) is 0 Å². The third kappa shape index (κ3) is 3.84. The van der Waals surface area contributed by atoms with Crippen LogP contribution in [0.25, 0.3) is 0 Å². The summed E-state index contributed by atoms with van der Waals surface area (Å²) >= 11 is 0. The standard InChI is InChI=1S/C15H31N/c1-9(2)10(3)11(4)12(5)13(6)14(7)15(8)16/h9-13H,16H2,1-8H3/b15-14+. The van der Waals surface area contributed by atoms with Crippen LogP contribution in [0.4, 0.5) is 0 Å². The zero-order valence-corrected chi connectivity index (χ0v) is 12.5. The van der Waals surface area contributed by atoms with Crippen molar-refractivity contribution >= 4 is 0 Å². The summed E-state index contributed by atoms with van der Waals surface area (Å²) in [5, 5.41) is 0. The van der Waals surface area contributed by atoms with Gasteiger partial charge in [0.2, 0.25) is 0 Å². The van der Waals surface area contributed by atoms with Gasteiger partial charge in [-0.1, -0.05) is 47.1 Å². The molecule has 0 bridgehead atoms. The summed E-state index contributed by atoms with van der Waals surface area (Å²) in [6.07, 6.45) is 0. The van der Waals surface area contributed by atoms with Gasteiger partial charge in [0.05, 0.1) is 0 Å². The number of hydrogen-bond acceptors (Lipinski definition) is 1. The van der Waals surface area contributed by atoms with Crippen LogP contribution in [-0.2, 0) is 0 Å². The molecule has 0 aromatic rings. The lowest BCUT2D eigenvalue weighted by Crippen LogP contribution is -2.26. The van der Waals surface area contributed by atoms with E-state index in [0.29, 0.717) is 11.8 Å². The largest absolute Gasteiger partial charge is 0.402 e. The average molecular weight is 225 g/mol. The van der Waals surface area contributed by atoms with E-state index in [4.69, 9.17) is 5.73 Å². The van der Waals surface area contributed by atoms with Gasteiger partial charge in [0.25, 0.3) is 0 Å². The highest BCUT2D eigenvalue weighted by molar-refractivity contribution is 5.10. The van der Waals surface area contributed by atoms with E-state index in [1.165, 1.54) is 5.57 Å². The molecule has 0 spiro atoms. The second-order valence-corrected chi connectivity index (χ2v) is 5.98. The maximum atomic E-state index is 5.89. The fourth-order valence-electron chi connectivity index (χ4n) is 2.29. The second kappa shape index (κ2) is 6.32. The van der Waals surface area contributed by atoms with Crippen molar-refractivity contribution in [3.8, 4) is 0 Å². The Morgan fingerprint density at radius 2 is 1.19 bits per heavy atom. The molecule has 4 atom stereocenters. The molecular weight excluding hydrogens is 194 g/mol. The smallest absolute Gasteiger partial charge is 0.00407 e. The molecule has 0 aromatic heterocycles. The topological polar surface area (TPSA) is 26.0 Å². The quantitative estimate of drug-likeness (QED) is 0.735. The van der Waals surface area contributed by atoms with Crippen LogP contribution >= 0.6 is 0 Å². The number of rotatable bonds is 5. The Bertz CT molecular complexity index is 236. The highest BCUT2D eigenvalue weighted by atomic mass is 14.6. The van der Waals surface area contributed by atoms with Gasteiger partial charge in [0.15, 0.2) is 0 Å². The number of nitrogens with two attached hydrogens (primary N) is 1. The van der Waals surface area contributed by atoms with E-state index in [2.05, 4.69) is 48.5 Å². The van der Waals surface area contributed by atoms with E-state index >= 15 is 0 Å². The molecule has 0 amide bonds. The van der Waals surface area contributed by atoms with E-state index in [-0.39, 0.29) is 0 Å². The average Bonchev–Trinajstić information content (AvgIpc) is 2.23. The molecule has 0 fully saturated rings. The monoisotopic (exact) mass is 225 g/mol. The highest BCUT2D eigenvalue weighted by Gasteiger charge is 2.26. The summed E-state index contributed by atoms with van der Waals surface area (Å²) in [5.41, 5.74) is 8.24. The minimum absolute atomic E-state index is 0.584. The summed E-state index contributed by atoms with van der Waals surface area (Å²) in [4.78, 5) is 0. The SMILES string of the molecule is C/C(N)=C(/C)C(C)C(C)C(C)C(C)C(C)C. The fraction of sp³-hybridized carbons (Fsp3) is 0.867. The normalized spacial score (nSPS) is 21.3. The fourth-order valence-corrected chi connectivity index (χ4v) is 2.29. The molecule has 0 aliphatic heterocycles. The van der Waals surface area contributed by atoms with E-state index in [0.717, 1.165) is 23.5 Å². The summed E-state index contributed by atoms with van der Waals surface area (Å²) in [7, 11) is 0. The van der Waals surface area contributed by atoms with Crippen LogP contribution in [-0.4, -0.2) is 0 Å². The van der Waals surface area contributed by atoms with Crippen molar-refractivity contribution in [1.82, 2.24) is 0 Å². The Morgan fingerprint density at radius 1 is 0.750 bits per heavy atom. The summed E-state index contributed by atoms with van der Waals surface area (Å²) in [6, 6.07) is 0. The zero-order valence-electron chi connectivity index (χ0n) is 12.5. The molecule has 96 valence electrons. The molecule has 0 rings (SSSR count). The van der Waals surface area contributed by atoms with Crippen molar-refractivity contribution in [2.45, 2.75) is 55.4 Å². The van der Waals surface area contributed by atoms with Crippen LogP contribution in [0, 0.1) is 29.6 Å². The molecule has 2 N–H and O–H groups in total. The van der Waals surface area contributed by atoms with Gasteiger partial charge in [-0.3, -0.25) is 0 Å². The lowest BCUT2D eigenvalue weighted by Gasteiger charge is -2.33. The molecule has 0 aliphatic carbocycles. The molecule has 16 heavy (non-hydrogen) atoms. The van der Waals surface area contributed by atoms with Crippen LogP contribution in [0.3, 0.4) is 0 Å². The molecule has 0 saturated heterocycles. The van der Waals surface area contributed by atoms with Crippen molar-refractivity contribution < 1.29 is 0 Å². The summed E-state index contributed by atoms with van der Waals surface area (Å²) in [5.74, 6) is 3.54. The Hall–Kier alpha value is -0.460. The highest BCUT2D eigenvalue weighted by Crippen LogP contribution is 2.34. The van der Waals surface area contributed by atoms with Crippen LogP contribution in [0.15, 0.2) is 11.3 Å². The van der Waals surface area contributed by atoms with Crippen molar-refractivity contribution in [3.63, 3.8) is 0 Å².